The highest BCUT2D eigenvalue weighted by molar-refractivity contribution is 5.77. The lowest BCUT2D eigenvalue weighted by atomic mass is 10.2. The Morgan fingerprint density at radius 1 is 1.29 bits per heavy atom. The Hall–Kier alpha value is -0.650. The molecule has 102 valence electrons. The van der Waals surface area contributed by atoms with Gasteiger partial charge in [-0.2, -0.15) is 0 Å². The van der Waals surface area contributed by atoms with Crippen LogP contribution in [-0.4, -0.2) is 75.9 Å². The van der Waals surface area contributed by atoms with Gasteiger partial charge in [0.1, 0.15) is 6.61 Å². The van der Waals surface area contributed by atoms with E-state index in [1.807, 2.05) is 25.9 Å². The smallest absolute Gasteiger partial charge is 0.248 e. The zero-order chi connectivity index (χ0) is 13.3. The number of amides is 1. The number of nitrogens with zero attached hydrogens (tertiary/aromatic N) is 2. The third-order valence-electron chi connectivity index (χ3n) is 2.48. The molecule has 5 nitrogen and oxygen atoms in total. The summed E-state index contributed by atoms with van der Waals surface area (Å²) in [4.78, 5) is 15.8. The van der Waals surface area contributed by atoms with E-state index in [1.54, 1.807) is 7.11 Å². The van der Waals surface area contributed by atoms with Crippen molar-refractivity contribution in [3.8, 4) is 0 Å². The minimum atomic E-state index is 0.0398. The molecule has 17 heavy (non-hydrogen) atoms. The van der Waals surface area contributed by atoms with Crippen LogP contribution in [0.3, 0.4) is 0 Å². The van der Waals surface area contributed by atoms with Crippen molar-refractivity contribution in [1.29, 1.82) is 0 Å². The molecule has 0 aromatic rings. The first-order chi connectivity index (χ1) is 8.02. The SMILES string of the molecule is CCN(C(=O)COCCOC)C(C)CN(C)C. The Balaban J connectivity index is 4.02. The van der Waals surface area contributed by atoms with Gasteiger partial charge in [0.05, 0.1) is 13.2 Å². The molecule has 5 heteroatoms. The van der Waals surface area contributed by atoms with Gasteiger partial charge in [-0.25, -0.2) is 0 Å². The van der Waals surface area contributed by atoms with Crippen LogP contribution >= 0.6 is 0 Å². The molecule has 0 aliphatic heterocycles. The summed E-state index contributed by atoms with van der Waals surface area (Å²) in [6.07, 6.45) is 0. The van der Waals surface area contributed by atoms with Gasteiger partial charge in [-0.15, -0.1) is 0 Å². The Labute approximate surface area is 105 Å². The quantitative estimate of drug-likeness (QED) is 0.554. The predicted molar refractivity (Wildman–Crippen MR) is 68.1 cm³/mol. The number of rotatable bonds is 9. The van der Waals surface area contributed by atoms with E-state index in [0.717, 1.165) is 6.54 Å². The molecule has 1 unspecified atom stereocenters. The van der Waals surface area contributed by atoms with Crippen molar-refractivity contribution in [3.05, 3.63) is 0 Å². The summed E-state index contributed by atoms with van der Waals surface area (Å²) in [6.45, 7) is 6.72. The molecule has 0 aliphatic carbocycles. The Morgan fingerprint density at radius 2 is 1.94 bits per heavy atom. The van der Waals surface area contributed by atoms with Crippen molar-refractivity contribution >= 4 is 5.91 Å². The second-order valence-electron chi connectivity index (χ2n) is 4.34. The number of carbonyl (C=O) groups excluding carboxylic acids is 1. The van der Waals surface area contributed by atoms with Gasteiger partial charge < -0.3 is 19.3 Å². The van der Waals surface area contributed by atoms with E-state index in [0.29, 0.717) is 19.8 Å². The highest BCUT2D eigenvalue weighted by Crippen LogP contribution is 2.01. The van der Waals surface area contributed by atoms with Crippen LogP contribution in [0.1, 0.15) is 13.8 Å². The first-order valence-electron chi connectivity index (χ1n) is 6.03. The average molecular weight is 246 g/mol. The van der Waals surface area contributed by atoms with E-state index < -0.39 is 0 Å². The number of likely N-dealkylation sites (N-methyl/N-ethyl adjacent to an activating group) is 2. The van der Waals surface area contributed by atoms with Crippen LogP contribution in [0, 0.1) is 0 Å². The van der Waals surface area contributed by atoms with Crippen LogP contribution in [0.5, 0.6) is 0 Å². The fraction of sp³-hybridized carbons (Fsp3) is 0.917. The first-order valence-corrected chi connectivity index (χ1v) is 6.03. The minimum absolute atomic E-state index is 0.0398. The monoisotopic (exact) mass is 246 g/mol. The first kappa shape index (κ1) is 16.4. The summed E-state index contributed by atoms with van der Waals surface area (Å²) >= 11 is 0. The lowest BCUT2D eigenvalue weighted by molar-refractivity contribution is -0.138. The Kier molecular flexibility index (Phi) is 9.03. The molecule has 0 aliphatic rings. The highest BCUT2D eigenvalue weighted by atomic mass is 16.5. The van der Waals surface area contributed by atoms with Crippen LogP contribution in [0.15, 0.2) is 0 Å². The van der Waals surface area contributed by atoms with Crippen molar-refractivity contribution in [2.75, 3.05) is 54.1 Å². The largest absolute Gasteiger partial charge is 0.382 e. The molecule has 0 fully saturated rings. The molecule has 0 spiro atoms. The maximum atomic E-state index is 11.9. The summed E-state index contributed by atoms with van der Waals surface area (Å²) in [6, 6.07) is 0.202. The zero-order valence-corrected chi connectivity index (χ0v) is 11.7. The number of methoxy groups -OCH3 is 1. The molecule has 0 saturated heterocycles. The topological polar surface area (TPSA) is 42.0 Å². The van der Waals surface area contributed by atoms with Gasteiger partial charge in [-0.3, -0.25) is 4.79 Å². The van der Waals surface area contributed by atoms with Crippen molar-refractivity contribution in [3.63, 3.8) is 0 Å². The fourth-order valence-corrected chi connectivity index (χ4v) is 1.75. The predicted octanol–water partition coefficient (Wildman–Crippen LogP) is 0.448. The normalized spacial score (nSPS) is 12.8. The van der Waals surface area contributed by atoms with Crippen molar-refractivity contribution in [2.45, 2.75) is 19.9 Å². The van der Waals surface area contributed by atoms with E-state index in [2.05, 4.69) is 11.8 Å². The Bertz CT molecular complexity index is 210. The maximum Gasteiger partial charge on any atom is 0.248 e. The van der Waals surface area contributed by atoms with Gasteiger partial charge in [0, 0.05) is 26.2 Å². The van der Waals surface area contributed by atoms with Gasteiger partial charge in [-0.1, -0.05) is 0 Å². The van der Waals surface area contributed by atoms with Gasteiger partial charge in [0.2, 0.25) is 5.91 Å². The second kappa shape index (κ2) is 9.39. The molecule has 0 rings (SSSR count). The molecule has 0 aromatic heterocycles. The summed E-state index contributed by atoms with van der Waals surface area (Å²) in [5.74, 6) is 0.0398. The van der Waals surface area contributed by atoms with E-state index in [-0.39, 0.29) is 18.6 Å². The van der Waals surface area contributed by atoms with Gasteiger partial charge in [0.25, 0.3) is 0 Å². The molecule has 1 amide bonds. The lowest BCUT2D eigenvalue weighted by Gasteiger charge is -2.30. The van der Waals surface area contributed by atoms with Gasteiger partial charge in [0.15, 0.2) is 0 Å². The molecule has 0 N–H and O–H groups in total. The van der Waals surface area contributed by atoms with Crippen LogP contribution < -0.4 is 0 Å². The van der Waals surface area contributed by atoms with E-state index in [9.17, 15) is 4.79 Å². The molecule has 0 radical (unpaired) electrons. The van der Waals surface area contributed by atoms with Crippen LogP contribution in [0.2, 0.25) is 0 Å². The highest BCUT2D eigenvalue weighted by Gasteiger charge is 2.18. The average Bonchev–Trinajstić information content (AvgIpc) is 2.24. The van der Waals surface area contributed by atoms with Gasteiger partial charge in [-0.05, 0) is 27.9 Å². The third-order valence-corrected chi connectivity index (χ3v) is 2.48. The molecule has 0 aromatic carbocycles. The second-order valence-corrected chi connectivity index (χ2v) is 4.34. The van der Waals surface area contributed by atoms with E-state index in [4.69, 9.17) is 9.47 Å². The van der Waals surface area contributed by atoms with E-state index >= 15 is 0 Å². The van der Waals surface area contributed by atoms with Crippen molar-refractivity contribution in [2.24, 2.45) is 0 Å². The summed E-state index contributed by atoms with van der Waals surface area (Å²) < 4.78 is 10.1. The molecule has 0 heterocycles. The molecule has 1 atom stereocenters. The fourth-order valence-electron chi connectivity index (χ4n) is 1.75. The number of hydrogen-bond acceptors (Lipinski definition) is 4. The van der Waals surface area contributed by atoms with Crippen molar-refractivity contribution < 1.29 is 14.3 Å². The van der Waals surface area contributed by atoms with E-state index in [1.165, 1.54) is 0 Å². The third kappa shape index (κ3) is 7.31. The van der Waals surface area contributed by atoms with Crippen LogP contribution in [-0.2, 0) is 14.3 Å². The summed E-state index contributed by atoms with van der Waals surface area (Å²) in [5.41, 5.74) is 0. The molecule has 0 bridgehead atoms. The van der Waals surface area contributed by atoms with Gasteiger partial charge >= 0.3 is 0 Å². The van der Waals surface area contributed by atoms with Crippen molar-refractivity contribution in [1.82, 2.24) is 9.80 Å². The summed E-state index contributed by atoms with van der Waals surface area (Å²) in [7, 11) is 5.62. The van der Waals surface area contributed by atoms with Crippen LogP contribution in [0.25, 0.3) is 0 Å². The lowest BCUT2D eigenvalue weighted by Crippen LogP contribution is -2.45. The summed E-state index contributed by atoms with van der Waals surface area (Å²) in [5, 5.41) is 0. The van der Waals surface area contributed by atoms with Crippen LogP contribution in [0.4, 0.5) is 0 Å². The Morgan fingerprint density at radius 3 is 2.41 bits per heavy atom. The number of ether oxygens (including phenoxy) is 2. The molecule has 0 saturated carbocycles. The zero-order valence-electron chi connectivity index (χ0n) is 11.7. The molecular weight excluding hydrogens is 220 g/mol. The number of hydrogen-bond donors (Lipinski definition) is 0. The molecular formula is C12H26N2O3. The minimum Gasteiger partial charge on any atom is -0.382 e. The standard InChI is InChI=1S/C12H26N2O3/c1-6-14(11(2)9-13(3)4)12(15)10-17-8-7-16-5/h11H,6-10H2,1-5H3. The maximum absolute atomic E-state index is 11.9. The number of carbonyl (C=O) groups is 1.